The maximum Gasteiger partial charge on any atom is 0.435 e. The van der Waals surface area contributed by atoms with Gasteiger partial charge in [-0.25, -0.2) is 9.78 Å². The molecular weight excluding hydrogens is 346 g/mol. The van der Waals surface area contributed by atoms with Crippen LogP contribution in [0.2, 0.25) is 5.15 Å². The summed E-state index contributed by atoms with van der Waals surface area (Å²) in [5, 5.41) is 8.71. The van der Waals surface area contributed by atoms with Gasteiger partial charge < -0.3 is 9.47 Å². The lowest BCUT2D eigenvalue weighted by Gasteiger charge is -2.19. The molecule has 9 heteroatoms. The highest BCUT2D eigenvalue weighted by molar-refractivity contribution is 6.31. The Morgan fingerprint density at radius 2 is 2.04 bits per heavy atom. The topological polar surface area (TPSA) is 84.1 Å². The molecule has 0 atom stereocenters. The normalized spacial score (nSPS) is 11.8. The number of aryl methyl sites for hydroxylation is 1. The molecule has 0 aliphatic carbocycles. The second-order valence-corrected chi connectivity index (χ2v) is 6.85. The third kappa shape index (κ3) is 3.30. The molecule has 0 amide bonds. The zero-order valence-electron chi connectivity index (χ0n) is 14.6. The van der Waals surface area contributed by atoms with Gasteiger partial charge in [0.1, 0.15) is 22.3 Å². The number of aromatic nitrogens is 5. The van der Waals surface area contributed by atoms with Crippen LogP contribution in [0.5, 0.6) is 5.75 Å². The van der Waals surface area contributed by atoms with Gasteiger partial charge in [0.2, 0.25) is 0 Å². The fourth-order valence-electron chi connectivity index (χ4n) is 2.33. The van der Waals surface area contributed by atoms with Gasteiger partial charge in [0.15, 0.2) is 10.9 Å². The van der Waals surface area contributed by atoms with Crippen LogP contribution in [0.25, 0.3) is 22.3 Å². The third-order valence-corrected chi connectivity index (χ3v) is 3.61. The number of halogens is 1. The molecule has 0 spiro atoms. The smallest absolute Gasteiger partial charge is 0.435 e. The minimum absolute atomic E-state index is 0.184. The van der Waals surface area contributed by atoms with Crippen LogP contribution < -0.4 is 4.74 Å². The molecule has 0 aliphatic rings. The molecule has 3 aromatic rings. The van der Waals surface area contributed by atoms with Crippen LogP contribution in [0.4, 0.5) is 4.79 Å². The van der Waals surface area contributed by atoms with Gasteiger partial charge in [-0.05, 0) is 20.8 Å². The molecule has 0 saturated heterocycles. The van der Waals surface area contributed by atoms with Gasteiger partial charge in [-0.2, -0.15) is 14.9 Å². The number of methoxy groups -OCH3 is 1. The van der Waals surface area contributed by atoms with Gasteiger partial charge in [0.25, 0.3) is 0 Å². The number of rotatable bonds is 2. The molecule has 25 heavy (non-hydrogen) atoms. The van der Waals surface area contributed by atoms with Crippen molar-refractivity contribution < 1.29 is 14.3 Å². The van der Waals surface area contributed by atoms with Crippen molar-refractivity contribution in [2.24, 2.45) is 7.05 Å². The summed E-state index contributed by atoms with van der Waals surface area (Å²) in [6.07, 6.45) is 2.81. The number of hydrogen-bond acceptors (Lipinski definition) is 6. The Balaban J connectivity index is 2.24. The summed E-state index contributed by atoms with van der Waals surface area (Å²) in [5.74, 6) is 0.344. The second-order valence-electron chi connectivity index (χ2n) is 6.49. The molecule has 3 aromatic heterocycles. The van der Waals surface area contributed by atoms with Crippen LogP contribution in [0.15, 0.2) is 18.5 Å². The average molecular weight is 364 g/mol. The van der Waals surface area contributed by atoms with Gasteiger partial charge in [-0.15, -0.1) is 0 Å². The standard InChI is InChI=1S/C16H18ClN5O3/c1-16(2,3)25-15(23)22-10-6-11(24-5)14(17)19-13(10)12(20-22)9-7-18-21(4)8-9/h6-8H,1-5H3. The summed E-state index contributed by atoms with van der Waals surface area (Å²) in [6, 6.07) is 1.61. The highest BCUT2D eigenvalue weighted by atomic mass is 35.5. The lowest BCUT2D eigenvalue weighted by molar-refractivity contribution is 0.0523. The van der Waals surface area contributed by atoms with E-state index in [4.69, 9.17) is 21.1 Å². The maximum absolute atomic E-state index is 12.6. The van der Waals surface area contributed by atoms with E-state index in [0.717, 1.165) is 4.68 Å². The Hall–Kier alpha value is -2.61. The molecule has 0 aliphatic heterocycles. The lowest BCUT2D eigenvalue weighted by atomic mass is 10.2. The van der Waals surface area contributed by atoms with Gasteiger partial charge in [0.05, 0.1) is 13.3 Å². The third-order valence-electron chi connectivity index (χ3n) is 3.34. The number of hydrogen-bond donors (Lipinski definition) is 0. The fourth-order valence-corrected chi connectivity index (χ4v) is 2.54. The number of pyridine rings is 1. The minimum Gasteiger partial charge on any atom is -0.493 e. The van der Waals surface area contributed by atoms with Crippen LogP contribution in [-0.4, -0.2) is 43.3 Å². The number of ether oxygens (including phenoxy) is 2. The van der Waals surface area contributed by atoms with Crippen LogP contribution in [0.1, 0.15) is 20.8 Å². The first-order valence-electron chi connectivity index (χ1n) is 7.55. The molecule has 0 bridgehead atoms. The van der Waals surface area contributed by atoms with E-state index in [-0.39, 0.29) is 5.15 Å². The van der Waals surface area contributed by atoms with Crippen molar-refractivity contribution in [3.63, 3.8) is 0 Å². The zero-order valence-corrected chi connectivity index (χ0v) is 15.3. The number of carbonyl (C=O) groups is 1. The Morgan fingerprint density at radius 1 is 1.32 bits per heavy atom. The predicted molar refractivity (Wildman–Crippen MR) is 92.9 cm³/mol. The van der Waals surface area contributed by atoms with Crippen molar-refractivity contribution in [2.75, 3.05) is 7.11 Å². The molecule has 0 N–H and O–H groups in total. The number of fused-ring (bicyclic) bond motifs is 1. The van der Waals surface area contributed by atoms with Crippen molar-refractivity contribution in [3.05, 3.63) is 23.6 Å². The van der Waals surface area contributed by atoms with Gasteiger partial charge in [0, 0.05) is 24.9 Å². The first-order chi connectivity index (χ1) is 11.7. The minimum atomic E-state index is -0.659. The second kappa shape index (κ2) is 6.03. The van der Waals surface area contributed by atoms with E-state index >= 15 is 0 Å². The zero-order chi connectivity index (χ0) is 18.4. The van der Waals surface area contributed by atoms with E-state index < -0.39 is 11.7 Å². The van der Waals surface area contributed by atoms with E-state index in [9.17, 15) is 4.79 Å². The summed E-state index contributed by atoms with van der Waals surface area (Å²) in [4.78, 5) is 16.9. The molecule has 0 radical (unpaired) electrons. The Labute approximate surface area is 149 Å². The van der Waals surface area contributed by atoms with E-state index in [0.29, 0.717) is 28.0 Å². The quantitative estimate of drug-likeness (QED) is 0.650. The highest BCUT2D eigenvalue weighted by Crippen LogP contribution is 2.32. The van der Waals surface area contributed by atoms with Crippen LogP contribution in [0.3, 0.4) is 0 Å². The largest absolute Gasteiger partial charge is 0.493 e. The van der Waals surface area contributed by atoms with Gasteiger partial charge >= 0.3 is 6.09 Å². The Bertz CT molecular complexity index is 955. The molecule has 0 unspecified atom stereocenters. The first-order valence-corrected chi connectivity index (χ1v) is 7.93. The molecule has 3 heterocycles. The number of carbonyl (C=O) groups excluding carboxylic acids is 1. The van der Waals surface area contributed by atoms with E-state index in [1.807, 2.05) is 0 Å². The van der Waals surface area contributed by atoms with Crippen LogP contribution in [0, 0.1) is 0 Å². The predicted octanol–water partition coefficient (Wildman–Crippen LogP) is 3.28. The molecule has 3 rings (SSSR count). The molecule has 8 nitrogen and oxygen atoms in total. The highest BCUT2D eigenvalue weighted by Gasteiger charge is 2.25. The van der Waals surface area contributed by atoms with Crippen molar-refractivity contribution in [3.8, 4) is 17.0 Å². The molecule has 0 fully saturated rings. The van der Waals surface area contributed by atoms with Gasteiger partial charge in [-0.3, -0.25) is 4.68 Å². The summed E-state index contributed by atoms with van der Waals surface area (Å²) in [6.45, 7) is 5.36. The monoisotopic (exact) mass is 363 g/mol. The Morgan fingerprint density at radius 3 is 2.60 bits per heavy atom. The lowest BCUT2D eigenvalue weighted by Crippen LogP contribution is -2.27. The van der Waals surface area contributed by atoms with Crippen molar-refractivity contribution in [1.82, 2.24) is 24.5 Å². The van der Waals surface area contributed by atoms with Crippen molar-refractivity contribution >= 4 is 28.7 Å². The summed E-state index contributed by atoms with van der Waals surface area (Å²) >= 11 is 6.15. The van der Waals surface area contributed by atoms with Crippen molar-refractivity contribution in [1.29, 1.82) is 0 Å². The maximum atomic E-state index is 12.6. The molecule has 0 saturated carbocycles. The first kappa shape index (κ1) is 17.2. The molecular formula is C16H18ClN5O3. The summed E-state index contributed by atoms with van der Waals surface area (Å²) < 4.78 is 13.4. The summed E-state index contributed by atoms with van der Waals surface area (Å²) in [7, 11) is 3.27. The summed E-state index contributed by atoms with van der Waals surface area (Å²) in [5.41, 5.74) is 1.44. The van der Waals surface area contributed by atoms with Gasteiger partial charge in [-0.1, -0.05) is 11.6 Å². The number of nitrogens with zero attached hydrogens (tertiary/aromatic N) is 5. The van der Waals surface area contributed by atoms with Crippen molar-refractivity contribution in [2.45, 2.75) is 26.4 Å². The molecule has 0 aromatic carbocycles. The van der Waals surface area contributed by atoms with E-state index in [1.54, 1.807) is 51.0 Å². The SMILES string of the molecule is COc1cc2c(nc1Cl)c(-c1cnn(C)c1)nn2C(=O)OC(C)(C)C. The van der Waals surface area contributed by atoms with Crippen LogP contribution >= 0.6 is 11.6 Å². The fraction of sp³-hybridized carbons (Fsp3) is 0.375. The van der Waals surface area contributed by atoms with E-state index in [2.05, 4.69) is 15.2 Å². The Kier molecular flexibility index (Phi) is 4.16. The van der Waals surface area contributed by atoms with Crippen LogP contribution in [-0.2, 0) is 11.8 Å². The average Bonchev–Trinajstić information content (AvgIpc) is 3.08. The van der Waals surface area contributed by atoms with E-state index in [1.165, 1.54) is 7.11 Å². The molecule has 132 valence electrons.